The van der Waals surface area contributed by atoms with Gasteiger partial charge >= 0.3 is 0 Å². The lowest BCUT2D eigenvalue weighted by Gasteiger charge is -2.06. The van der Waals surface area contributed by atoms with E-state index in [1.54, 1.807) is 17.8 Å². The molecule has 2 aromatic heterocycles. The van der Waals surface area contributed by atoms with Gasteiger partial charge in [-0.15, -0.1) is 0 Å². The Labute approximate surface area is 138 Å². The summed E-state index contributed by atoms with van der Waals surface area (Å²) in [6.07, 6.45) is 3.26. The Hall–Kier alpha value is -2.60. The van der Waals surface area contributed by atoms with Gasteiger partial charge in [-0.1, -0.05) is 35.9 Å². The number of rotatable bonds is 4. The Kier molecular flexibility index (Phi) is 4.16. The van der Waals surface area contributed by atoms with Gasteiger partial charge in [0, 0.05) is 19.3 Å². The van der Waals surface area contributed by atoms with Crippen LogP contribution in [-0.4, -0.2) is 25.5 Å². The summed E-state index contributed by atoms with van der Waals surface area (Å²) in [5, 5.41) is 11.4. The van der Waals surface area contributed by atoms with Crippen LogP contribution in [0.5, 0.6) is 0 Å². The number of benzene rings is 1. The van der Waals surface area contributed by atoms with Gasteiger partial charge in [0.1, 0.15) is 5.69 Å². The fraction of sp³-hybridized carbons (Fsp3) is 0.188. The van der Waals surface area contributed by atoms with Crippen molar-refractivity contribution in [2.75, 3.05) is 5.32 Å². The molecule has 1 N–H and O–H groups in total. The number of amides is 1. The molecule has 3 rings (SSSR count). The van der Waals surface area contributed by atoms with Crippen molar-refractivity contribution in [2.24, 2.45) is 7.05 Å². The van der Waals surface area contributed by atoms with E-state index < -0.39 is 0 Å². The van der Waals surface area contributed by atoms with Crippen LogP contribution in [0.1, 0.15) is 21.6 Å². The molecular formula is C16H16ClN5O. The Morgan fingerprint density at radius 1 is 1.30 bits per heavy atom. The van der Waals surface area contributed by atoms with E-state index in [2.05, 4.69) is 34.6 Å². The molecular weight excluding hydrogens is 314 g/mol. The molecule has 0 atom stereocenters. The number of halogens is 1. The van der Waals surface area contributed by atoms with E-state index in [1.807, 2.05) is 18.3 Å². The minimum atomic E-state index is -0.337. The molecule has 7 heteroatoms. The SMILES string of the molecule is Cc1ccccc1Cn1ccc(NC(=O)c2c(Cl)cnn2C)n1. The van der Waals surface area contributed by atoms with Crippen LogP contribution < -0.4 is 5.32 Å². The second-order valence-electron chi connectivity index (χ2n) is 5.24. The molecule has 118 valence electrons. The minimum Gasteiger partial charge on any atom is -0.304 e. The average Bonchev–Trinajstić information content (AvgIpc) is 3.08. The lowest BCUT2D eigenvalue weighted by molar-refractivity contribution is 0.101. The fourth-order valence-electron chi connectivity index (χ4n) is 2.32. The van der Waals surface area contributed by atoms with E-state index in [0.717, 1.165) is 0 Å². The Balaban J connectivity index is 1.73. The summed E-state index contributed by atoms with van der Waals surface area (Å²) < 4.78 is 3.21. The number of anilines is 1. The third kappa shape index (κ3) is 3.27. The molecule has 0 aliphatic rings. The second-order valence-corrected chi connectivity index (χ2v) is 5.65. The standard InChI is InChI=1S/C16H16ClN5O/c1-11-5-3-4-6-12(11)10-22-8-7-14(20-22)19-16(23)15-13(17)9-18-21(15)2/h3-9H,10H2,1-2H3,(H,19,20,23). The smallest absolute Gasteiger partial charge is 0.276 e. The average molecular weight is 330 g/mol. The van der Waals surface area contributed by atoms with Crippen LogP contribution in [0.4, 0.5) is 5.82 Å². The maximum absolute atomic E-state index is 12.2. The maximum atomic E-state index is 12.2. The molecule has 0 bridgehead atoms. The number of carbonyl (C=O) groups excluding carboxylic acids is 1. The van der Waals surface area contributed by atoms with Crippen molar-refractivity contribution >= 4 is 23.3 Å². The van der Waals surface area contributed by atoms with Crippen molar-refractivity contribution in [2.45, 2.75) is 13.5 Å². The molecule has 0 unspecified atom stereocenters. The van der Waals surface area contributed by atoms with E-state index in [1.165, 1.54) is 22.0 Å². The number of hydrogen-bond acceptors (Lipinski definition) is 3. The van der Waals surface area contributed by atoms with E-state index in [9.17, 15) is 4.79 Å². The van der Waals surface area contributed by atoms with Crippen LogP contribution in [0.15, 0.2) is 42.7 Å². The predicted molar refractivity (Wildman–Crippen MR) is 88.7 cm³/mol. The summed E-state index contributed by atoms with van der Waals surface area (Å²) in [7, 11) is 1.66. The zero-order valence-electron chi connectivity index (χ0n) is 12.8. The molecule has 1 amide bonds. The molecule has 23 heavy (non-hydrogen) atoms. The van der Waals surface area contributed by atoms with Crippen LogP contribution in [0.25, 0.3) is 0 Å². The summed E-state index contributed by atoms with van der Waals surface area (Å²) >= 11 is 5.97. The minimum absolute atomic E-state index is 0.306. The summed E-state index contributed by atoms with van der Waals surface area (Å²) in [5.41, 5.74) is 2.69. The highest BCUT2D eigenvalue weighted by Gasteiger charge is 2.16. The Morgan fingerprint density at radius 2 is 2.09 bits per heavy atom. The number of nitrogens with zero attached hydrogens (tertiary/aromatic N) is 4. The number of nitrogens with one attached hydrogen (secondary N) is 1. The van der Waals surface area contributed by atoms with Crippen molar-refractivity contribution in [1.29, 1.82) is 0 Å². The van der Waals surface area contributed by atoms with Crippen LogP contribution in [0.2, 0.25) is 5.02 Å². The number of aromatic nitrogens is 4. The lowest BCUT2D eigenvalue weighted by Crippen LogP contribution is -2.17. The van der Waals surface area contributed by atoms with Gasteiger partial charge in [0.05, 0.1) is 17.8 Å². The summed E-state index contributed by atoms with van der Waals surface area (Å²) in [5.74, 6) is 0.136. The first kappa shape index (κ1) is 15.3. The monoisotopic (exact) mass is 329 g/mol. The highest BCUT2D eigenvalue weighted by atomic mass is 35.5. The first-order valence-electron chi connectivity index (χ1n) is 7.11. The highest BCUT2D eigenvalue weighted by molar-refractivity contribution is 6.34. The van der Waals surface area contributed by atoms with Gasteiger partial charge in [-0.25, -0.2) is 0 Å². The third-order valence-corrected chi connectivity index (χ3v) is 3.86. The Bertz CT molecular complexity index is 832. The quantitative estimate of drug-likeness (QED) is 0.800. The van der Waals surface area contributed by atoms with Crippen molar-refractivity contribution in [3.05, 3.63) is 64.6 Å². The first-order valence-corrected chi connectivity index (χ1v) is 7.49. The molecule has 6 nitrogen and oxygen atoms in total. The summed E-state index contributed by atoms with van der Waals surface area (Å²) in [6.45, 7) is 2.71. The van der Waals surface area contributed by atoms with Crippen LogP contribution in [-0.2, 0) is 13.6 Å². The van der Waals surface area contributed by atoms with Crippen LogP contribution >= 0.6 is 11.6 Å². The van der Waals surface area contributed by atoms with E-state index >= 15 is 0 Å². The van der Waals surface area contributed by atoms with Crippen molar-refractivity contribution in [3.8, 4) is 0 Å². The van der Waals surface area contributed by atoms with Crippen LogP contribution in [0.3, 0.4) is 0 Å². The van der Waals surface area contributed by atoms with Gasteiger partial charge in [0.15, 0.2) is 5.82 Å². The molecule has 0 fully saturated rings. The molecule has 0 aliphatic carbocycles. The highest BCUT2D eigenvalue weighted by Crippen LogP contribution is 2.16. The summed E-state index contributed by atoms with van der Waals surface area (Å²) in [4.78, 5) is 12.2. The second kappa shape index (κ2) is 6.26. The lowest BCUT2D eigenvalue weighted by atomic mass is 10.1. The van der Waals surface area contributed by atoms with Gasteiger partial charge in [-0.3, -0.25) is 14.2 Å². The van der Waals surface area contributed by atoms with Gasteiger partial charge in [0.25, 0.3) is 5.91 Å². The van der Waals surface area contributed by atoms with E-state index in [0.29, 0.717) is 23.1 Å². The van der Waals surface area contributed by atoms with Gasteiger partial charge < -0.3 is 5.32 Å². The largest absolute Gasteiger partial charge is 0.304 e. The summed E-state index contributed by atoms with van der Waals surface area (Å²) in [6, 6.07) is 9.88. The first-order chi connectivity index (χ1) is 11.0. The van der Waals surface area contributed by atoms with Gasteiger partial charge in [-0.2, -0.15) is 10.2 Å². The number of aryl methyl sites for hydroxylation is 2. The number of carbonyl (C=O) groups is 1. The molecule has 1 aromatic carbocycles. The van der Waals surface area contributed by atoms with Crippen LogP contribution in [0, 0.1) is 6.92 Å². The molecule has 0 saturated heterocycles. The van der Waals surface area contributed by atoms with Crippen molar-refractivity contribution in [3.63, 3.8) is 0 Å². The zero-order valence-corrected chi connectivity index (χ0v) is 13.6. The normalized spacial score (nSPS) is 10.7. The van der Waals surface area contributed by atoms with E-state index in [4.69, 9.17) is 11.6 Å². The Morgan fingerprint density at radius 3 is 2.78 bits per heavy atom. The number of hydrogen-bond donors (Lipinski definition) is 1. The molecule has 0 saturated carbocycles. The topological polar surface area (TPSA) is 64.7 Å². The van der Waals surface area contributed by atoms with Gasteiger partial charge in [-0.05, 0) is 18.1 Å². The maximum Gasteiger partial charge on any atom is 0.276 e. The van der Waals surface area contributed by atoms with Crippen molar-refractivity contribution in [1.82, 2.24) is 19.6 Å². The molecule has 0 spiro atoms. The zero-order chi connectivity index (χ0) is 16.4. The molecule has 0 aliphatic heterocycles. The fourth-order valence-corrected chi connectivity index (χ4v) is 2.57. The third-order valence-electron chi connectivity index (χ3n) is 3.59. The van der Waals surface area contributed by atoms with Gasteiger partial charge in [0.2, 0.25) is 0 Å². The molecule has 2 heterocycles. The van der Waals surface area contributed by atoms with E-state index in [-0.39, 0.29) is 5.91 Å². The molecule has 0 radical (unpaired) electrons. The molecule has 3 aromatic rings. The van der Waals surface area contributed by atoms with Crippen molar-refractivity contribution < 1.29 is 4.79 Å². The predicted octanol–water partition coefficient (Wildman–Crippen LogP) is 2.88.